The van der Waals surface area contributed by atoms with Gasteiger partial charge in [-0.1, -0.05) is 22.9 Å². The minimum atomic E-state index is -4.59. The Labute approximate surface area is 181 Å². The van der Waals surface area contributed by atoms with Crippen molar-refractivity contribution < 1.29 is 17.9 Å². The molecule has 0 aliphatic carbocycles. The van der Waals surface area contributed by atoms with Gasteiger partial charge in [-0.25, -0.2) is 4.98 Å². The number of hydrogen-bond acceptors (Lipinski definition) is 5. The van der Waals surface area contributed by atoms with Crippen LogP contribution in [0.2, 0.25) is 0 Å². The summed E-state index contributed by atoms with van der Waals surface area (Å²) in [6.45, 7) is 2.63. The zero-order valence-electron chi connectivity index (χ0n) is 16.4. The average Bonchev–Trinajstić information content (AvgIpc) is 2.72. The van der Waals surface area contributed by atoms with Gasteiger partial charge in [0.15, 0.2) is 5.82 Å². The molecule has 0 saturated heterocycles. The number of alkyl halides is 3. The van der Waals surface area contributed by atoms with E-state index in [1.165, 1.54) is 11.9 Å². The maximum atomic E-state index is 13.5. The summed E-state index contributed by atoms with van der Waals surface area (Å²) in [5.74, 6) is 0.529. The number of aromatic nitrogens is 2. The summed E-state index contributed by atoms with van der Waals surface area (Å²) in [5.41, 5.74) is 0.281. The van der Waals surface area contributed by atoms with Crippen molar-refractivity contribution in [3.63, 3.8) is 0 Å². The van der Waals surface area contributed by atoms with Crippen molar-refractivity contribution in [1.29, 1.82) is 0 Å². The fourth-order valence-electron chi connectivity index (χ4n) is 2.66. The Balaban J connectivity index is 1.89. The van der Waals surface area contributed by atoms with Crippen molar-refractivity contribution in [2.75, 3.05) is 23.9 Å². The molecule has 5 nitrogen and oxygen atoms in total. The normalized spacial score (nSPS) is 11.3. The molecule has 1 aromatic heterocycles. The summed E-state index contributed by atoms with van der Waals surface area (Å²) in [4.78, 5) is 9.38. The van der Waals surface area contributed by atoms with E-state index in [0.29, 0.717) is 23.7 Å². The number of ether oxygens (including phenoxy) is 1. The molecular weight excluding hydrogens is 461 g/mol. The Morgan fingerprint density at radius 1 is 1.07 bits per heavy atom. The molecule has 0 spiro atoms. The average molecular weight is 481 g/mol. The summed E-state index contributed by atoms with van der Waals surface area (Å²) in [7, 11) is 1.53. The number of halogens is 4. The first-order valence-corrected chi connectivity index (χ1v) is 10.0. The Hall–Kier alpha value is -2.81. The minimum Gasteiger partial charge on any atom is -0.494 e. The van der Waals surface area contributed by atoms with Gasteiger partial charge in [-0.2, -0.15) is 18.2 Å². The highest BCUT2D eigenvalue weighted by Crippen LogP contribution is 2.38. The Morgan fingerprint density at radius 2 is 1.73 bits per heavy atom. The molecule has 0 saturated carbocycles. The lowest BCUT2D eigenvalue weighted by atomic mass is 10.2. The van der Waals surface area contributed by atoms with Crippen molar-refractivity contribution >= 4 is 39.1 Å². The largest absolute Gasteiger partial charge is 0.494 e. The fourth-order valence-corrected chi connectivity index (χ4v) is 2.92. The van der Waals surface area contributed by atoms with Gasteiger partial charge in [0.05, 0.1) is 6.61 Å². The van der Waals surface area contributed by atoms with Crippen LogP contribution in [-0.2, 0) is 6.18 Å². The monoisotopic (exact) mass is 480 g/mol. The number of benzene rings is 2. The van der Waals surface area contributed by atoms with Gasteiger partial charge in [-0.15, -0.1) is 0 Å². The highest BCUT2D eigenvalue weighted by molar-refractivity contribution is 9.10. The van der Waals surface area contributed by atoms with Crippen LogP contribution in [0, 0.1) is 0 Å². The summed E-state index contributed by atoms with van der Waals surface area (Å²) in [6, 6.07) is 14.0. The van der Waals surface area contributed by atoms with Crippen molar-refractivity contribution in [3.8, 4) is 5.75 Å². The molecule has 0 radical (unpaired) electrons. The van der Waals surface area contributed by atoms with Crippen LogP contribution in [0.25, 0.3) is 0 Å². The second-order valence-corrected chi connectivity index (χ2v) is 7.38. The SMILES string of the molecule is CCCOc1ccc(Nc2ncc(C(F)(F)F)c(N(C)c3ccc(Br)cc3)n2)cc1. The van der Waals surface area contributed by atoms with Crippen LogP contribution >= 0.6 is 15.9 Å². The van der Waals surface area contributed by atoms with Crippen LogP contribution in [-0.4, -0.2) is 23.6 Å². The molecule has 30 heavy (non-hydrogen) atoms. The van der Waals surface area contributed by atoms with E-state index in [1.54, 1.807) is 48.5 Å². The zero-order valence-corrected chi connectivity index (χ0v) is 18.0. The Morgan fingerprint density at radius 3 is 2.33 bits per heavy atom. The van der Waals surface area contributed by atoms with E-state index in [4.69, 9.17) is 4.74 Å². The van der Waals surface area contributed by atoms with Crippen molar-refractivity contribution in [2.45, 2.75) is 19.5 Å². The van der Waals surface area contributed by atoms with Gasteiger partial charge in [-0.3, -0.25) is 0 Å². The highest BCUT2D eigenvalue weighted by atomic mass is 79.9. The molecule has 9 heteroatoms. The number of hydrogen-bond donors (Lipinski definition) is 1. The molecule has 3 rings (SSSR count). The highest BCUT2D eigenvalue weighted by Gasteiger charge is 2.36. The van der Waals surface area contributed by atoms with Crippen LogP contribution < -0.4 is 15.0 Å². The van der Waals surface area contributed by atoms with Crippen molar-refractivity contribution in [1.82, 2.24) is 9.97 Å². The van der Waals surface area contributed by atoms with Gasteiger partial charge in [-0.05, 0) is 55.0 Å². The lowest BCUT2D eigenvalue weighted by Gasteiger charge is -2.23. The lowest BCUT2D eigenvalue weighted by Crippen LogP contribution is -2.19. The predicted octanol–water partition coefficient (Wildman–Crippen LogP) is 6.56. The van der Waals surface area contributed by atoms with Crippen LogP contribution in [0.1, 0.15) is 18.9 Å². The number of rotatable bonds is 7. The van der Waals surface area contributed by atoms with E-state index in [-0.39, 0.29) is 11.8 Å². The van der Waals surface area contributed by atoms with E-state index in [0.717, 1.165) is 17.1 Å². The molecule has 1 heterocycles. The van der Waals surface area contributed by atoms with Crippen molar-refractivity contribution in [2.24, 2.45) is 0 Å². The van der Waals surface area contributed by atoms with Crippen LogP contribution in [0.4, 0.5) is 36.3 Å². The zero-order chi connectivity index (χ0) is 21.7. The van der Waals surface area contributed by atoms with E-state index in [2.05, 4.69) is 31.2 Å². The maximum absolute atomic E-state index is 13.5. The second kappa shape index (κ2) is 9.34. The molecule has 0 atom stereocenters. The standard InChI is InChI=1S/C21H20BrF3N4O/c1-3-12-30-17-10-6-15(7-11-17)27-20-26-13-18(21(23,24)25)19(28-20)29(2)16-8-4-14(22)5-9-16/h4-11,13H,3,12H2,1-2H3,(H,26,27,28). The quantitative estimate of drug-likeness (QED) is 0.414. The fraction of sp³-hybridized carbons (Fsp3) is 0.238. The molecule has 158 valence electrons. The Kier molecular flexibility index (Phi) is 6.81. The van der Waals surface area contributed by atoms with Crippen LogP contribution in [0.5, 0.6) is 5.75 Å². The molecule has 0 aliphatic heterocycles. The predicted molar refractivity (Wildman–Crippen MR) is 115 cm³/mol. The number of nitrogens with one attached hydrogen (secondary N) is 1. The molecule has 0 amide bonds. The first-order chi connectivity index (χ1) is 14.3. The van der Waals surface area contributed by atoms with Gasteiger partial charge in [0.1, 0.15) is 11.3 Å². The molecule has 0 bridgehead atoms. The minimum absolute atomic E-state index is 0.0594. The summed E-state index contributed by atoms with van der Waals surface area (Å²) >= 11 is 3.32. The summed E-state index contributed by atoms with van der Waals surface area (Å²) in [5, 5.41) is 2.94. The molecule has 3 aromatic rings. The topological polar surface area (TPSA) is 50.3 Å². The number of nitrogens with zero attached hydrogens (tertiary/aromatic N) is 3. The molecule has 0 fully saturated rings. The molecule has 2 aromatic carbocycles. The third kappa shape index (κ3) is 5.41. The van der Waals surface area contributed by atoms with E-state index >= 15 is 0 Å². The van der Waals surface area contributed by atoms with Crippen LogP contribution in [0.15, 0.2) is 59.2 Å². The van der Waals surface area contributed by atoms with Gasteiger partial charge >= 0.3 is 6.18 Å². The van der Waals surface area contributed by atoms with Crippen LogP contribution in [0.3, 0.4) is 0 Å². The molecule has 0 aliphatic rings. The lowest BCUT2D eigenvalue weighted by molar-refractivity contribution is -0.137. The van der Waals surface area contributed by atoms with E-state index in [9.17, 15) is 13.2 Å². The summed E-state index contributed by atoms with van der Waals surface area (Å²) < 4.78 is 47.0. The molecular formula is C21H20BrF3N4O. The van der Waals surface area contributed by atoms with E-state index in [1.807, 2.05) is 6.92 Å². The van der Waals surface area contributed by atoms with Crippen molar-refractivity contribution in [3.05, 3.63) is 64.8 Å². The van der Waals surface area contributed by atoms with Gasteiger partial charge < -0.3 is 15.0 Å². The molecule has 0 unspecified atom stereocenters. The van der Waals surface area contributed by atoms with Gasteiger partial charge in [0.25, 0.3) is 0 Å². The number of anilines is 4. The third-order valence-corrected chi connectivity index (χ3v) is 4.72. The van der Waals surface area contributed by atoms with E-state index < -0.39 is 11.7 Å². The smallest absolute Gasteiger partial charge is 0.421 e. The Bertz CT molecular complexity index is 979. The first kappa shape index (κ1) is 21.9. The maximum Gasteiger partial charge on any atom is 0.421 e. The summed E-state index contributed by atoms with van der Waals surface area (Å²) in [6.07, 6.45) is -2.90. The first-order valence-electron chi connectivity index (χ1n) is 9.21. The van der Waals surface area contributed by atoms with Gasteiger partial charge in [0, 0.05) is 29.1 Å². The van der Waals surface area contributed by atoms with Gasteiger partial charge in [0.2, 0.25) is 5.95 Å². The second-order valence-electron chi connectivity index (χ2n) is 6.46. The third-order valence-electron chi connectivity index (χ3n) is 4.19. The molecule has 1 N–H and O–H groups in total.